The van der Waals surface area contributed by atoms with Gasteiger partial charge in [-0.3, -0.25) is 4.79 Å². The molecule has 2 bridgehead atoms. The summed E-state index contributed by atoms with van der Waals surface area (Å²) in [6.45, 7) is 1.60. The first-order chi connectivity index (χ1) is 8.78. The molecule has 3 saturated heterocycles. The Kier molecular flexibility index (Phi) is 2.86. The number of hydrogen-bond acceptors (Lipinski definition) is 3. The van der Waals surface area contributed by atoms with Crippen LogP contribution in [0.5, 0.6) is 5.75 Å². The number of ether oxygens (including phenoxy) is 1. The molecule has 4 rings (SSSR count). The van der Waals surface area contributed by atoms with E-state index >= 15 is 0 Å². The van der Waals surface area contributed by atoms with Crippen molar-refractivity contribution in [2.75, 3.05) is 25.1 Å². The second kappa shape index (κ2) is 4.52. The van der Waals surface area contributed by atoms with Crippen LogP contribution in [0.3, 0.4) is 0 Å². The largest absolute Gasteiger partial charge is 0.497 e. The molecule has 0 aliphatic carbocycles. The molecule has 0 unspecified atom stereocenters. The molecule has 0 aromatic heterocycles. The van der Waals surface area contributed by atoms with Gasteiger partial charge in [0.25, 0.3) is 0 Å². The third-order valence-electron chi connectivity index (χ3n) is 3.99. The number of nitrogens with zero attached hydrogens (tertiary/aromatic N) is 1. The van der Waals surface area contributed by atoms with Crippen molar-refractivity contribution in [1.29, 1.82) is 0 Å². The van der Waals surface area contributed by atoms with E-state index in [0.717, 1.165) is 31.7 Å². The molecule has 1 amide bonds. The van der Waals surface area contributed by atoms with Crippen LogP contribution < -0.4 is 15.0 Å². The first-order valence-corrected chi connectivity index (χ1v) is 6.46. The summed E-state index contributed by atoms with van der Waals surface area (Å²) in [7, 11) is 1.67. The van der Waals surface area contributed by atoms with E-state index in [-0.39, 0.29) is 11.8 Å². The van der Waals surface area contributed by atoms with Crippen LogP contribution in [-0.2, 0) is 4.79 Å². The van der Waals surface area contributed by atoms with E-state index < -0.39 is 0 Å². The number of piperidine rings is 1. The molecule has 3 aliphatic heterocycles. The van der Waals surface area contributed by atoms with Crippen molar-refractivity contribution in [3.05, 3.63) is 24.3 Å². The predicted molar refractivity (Wildman–Crippen MR) is 69.9 cm³/mol. The minimum Gasteiger partial charge on any atom is -0.497 e. The Morgan fingerprint density at radius 1 is 1.28 bits per heavy atom. The topological polar surface area (TPSA) is 41.6 Å². The Bertz CT molecular complexity index is 444. The summed E-state index contributed by atoms with van der Waals surface area (Å²) in [6.07, 6.45) is 2.11. The van der Waals surface area contributed by atoms with Crippen molar-refractivity contribution in [3.63, 3.8) is 0 Å². The summed E-state index contributed by atoms with van der Waals surface area (Å²) in [5, 5.41) is 3.02. The number of fused-ring (bicyclic) bond motifs is 4. The minimum atomic E-state index is 0.144. The van der Waals surface area contributed by atoms with Crippen molar-refractivity contribution >= 4 is 11.6 Å². The highest BCUT2D eigenvalue weighted by molar-refractivity contribution is 5.80. The summed E-state index contributed by atoms with van der Waals surface area (Å²) in [5.74, 6) is 1.23. The number of rotatable bonds is 2. The molecule has 4 heteroatoms. The maximum absolute atomic E-state index is 11.8. The number of methoxy groups -OCH3 is 1. The van der Waals surface area contributed by atoms with Gasteiger partial charge in [-0.15, -0.1) is 0 Å². The Balaban J connectivity index is 1.85. The molecule has 1 aromatic carbocycles. The lowest BCUT2D eigenvalue weighted by atomic mass is 9.94. The van der Waals surface area contributed by atoms with Crippen LogP contribution in [0.4, 0.5) is 5.69 Å². The highest BCUT2D eigenvalue weighted by Gasteiger charge is 2.35. The molecule has 3 aliphatic rings. The molecule has 96 valence electrons. The zero-order valence-electron chi connectivity index (χ0n) is 10.6. The van der Waals surface area contributed by atoms with E-state index in [9.17, 15) is 4.79 Å². The fourth-order valence-electron chi connectivity index (χ4n) is 2.91. The van der Waals surface area contributed by atoms with Crippen molar-refractivity contribution in [2.24, 2.45) is 5.92 Å². The van der Waals surface area contributed by atoms with Gasteiger partial charge < -0.3 is 15.0 Å². The van der Waals surface area contributed by atoms with Gasteiger partial charge in [-0.2, -0.15) is 0 Å². The van der Waals surface area contributed by atoms with Crippen LogP contribution in [0.15, 0.2) is 24.3 Å². The normalized spacial score (nSPS) is 26.7. The summed E-state index contributed by atoms with van der Waals surface area (Å²) in [5.41, 5.74) is 1.18. The summed E-state index contributed by atoms with van der Waals surface area (Å²) in [4.78, 5) is 14.1. The number of carbonyl (C=O) groups excluding carboxylic acids is 1. The molecule has 2 atom stereocenters. The van der Waals surface area contributed by atoms with E-state index in [0.29, 0.717) is 6.04 Å². The first kappa shape index (κ1) is 11.4. The van der Waals surface area contributed by atoms with Crippen molar-refractivity contribution < 1.29 is 9.53 Å². The van der Waals surface area contributed by atoms with Crippen molar-refractivity contribution in [3.8, 4) is 5.75 Å². The van der Waals surface area contributed by atoms with Gasteiger partial charge in [0.15, 0.2) is 0 Å². The van der Waals surface area contributed by atoms with Gasteiger partial charge in [0.1, 0.15) is 5.75 Å². The van der Waals surface area contributed by atoms with E-state index in [4.69, 9.17) is 4.74 Å². The Labute approximate surface area is 107 Å². The van der Waals surface area contributed by atoms with Crippen LogP contribution in [-0.4, -0.2) is 32.1 Å². The predicted octanol–water partition coefficient (Wildman–Crippen LogP) is 1.41. The molecule has 1 aromatic rings. The van der Waals surface area contributed by atoms with Crippen molar-refractivity contribution in [2.45, 2.75) is 18.9 Å². The third kappa shape index (κ3) is 1.92. The summed E-state index contributed by atoms with van der Waals surface area (Å²) < 4.78 is 5.18. The third-order valence-corrected chi connectivity index (χ3v) is 3.99. The van der Waals surface area contributed by atoms with Gasteiger partial charge in [0, 0.05) is 24.8 Å². The van der Waals surface area contributed by atoms with Crippen LogP contribution in [0, 0.1) is 5.92 Å². The maximum Gasteiger partial charge on any atom is 0.224 e. The molecule has 0 spiro atoms. The zero-order chi connectivity index (χ0) is 12.5. The summed E-state index contributed by atoms with van der Waals surface area (Å²) >= 11 is 0. The number of amides is 1. The van der Waals surface area contributed by atoms with Crippen LogP contribution >= 0.6 is 0 Å². The Morgan fingerprint density at radius 2 is 2.06 bits per heavy atom. The standard InChI is InChI=1S/C14H18N2O2/c1-18-13-6-4-11(5-7-13)16-9-10-2-3-12(16)8-15-14(10)17/h4-7,10,12H,2-3,8-9H2,1H3,(H,15,17)/t10-,12-/m0/s1. The molecule has 0 saturated carbocycles. The Hall–Kier alpha value is -1.71. The lowest BCUT2D eigenvalue weighted by Gasteiger charge is -2.37. The quantitative estimate of drug-likeness (QED) is 0.858. The molecular formula is C14H18N2O2. The molecule has 3 fully saturated rings. The molecule has 1 N–H and O–H groups in total. The average molecular weight is 246 g/mol. The average Bonchev–Trinajstić information content (AvgIpc) is 2.70. The first-order valence-electron chi connectivity index (χ1n) is 6.46. The van der Waals surface area contributed by atoms with E-state index in [1.165, 1.54) is 5.69 Å². The van der Waals surface area contributed by atoms with Crippen LogP contribution in [0.2, 0.25) is 0 Å². The smallest absolute Gasteiger partial charge is 0.224 e. The molecule has 18 heavy (non-hydrogen) atoms. The van der Waals surface area contributed by atoms with Gasteiger partial charge in [-0.25, -0.2) is 0 Å². The fraction of sp³-hybridized carbons (Fsp3) is 0.500. The fourth-order valence-corrected chi connectivity index (χ4v) is 2.91. The highest BCUT2D eigenvalue weighted by Crippen LogP contribution is 2.30. The van der Waals surface area contributed by atoms with E-state index in [2.05, 4.69) is 22.3 Å². The number of anilines is 1. The van der Waals surface area contributed by atoms with Crippen LogP contribution in [0.25, 0.3) is 0 Å². The van der Waals surface area contributed by atoms with Gasteiger partial charge in [0.2, 0.25) is 5.91 Å². The monoisotopic (exact) mass is 246 g/mol. The molecule has 3 heterocycles. The number of hydrogen-bond donors (Lipinski definition) is 1. The van der Waals surface area contributed by atoms with Crippen molar-refractivity contribution in [1.82, 2.24) is 5.32 Å². The van der Waals surface area contributed by atoms with Gasteiger partial charge >= 0.3 is 0 Å². The zero-order valence-corrected chi connectivity index (χ0v) is 10.6. The lowest BCUT2D eigenvalue weighted by molar-refractivity contribution is -0.124. The molecule has 4 nitrogen and oxygen atoms in total. The Morgan fingerprint density at radius 3 is 2.78 bits per heavy atom. The van der Waals surface area contributed by atoms with Gasteiger partial charge in [-0.1, -0.05) is 0 Å². The van der Waals surface area contributed by atoms with Gasteiger partial charge in [-0.05, 0) is 37.1 Å². The molecular weight excluding hydrogens is 228 g/mol. The maximum atomic E-state index is 11.8. The number of carbonyl (C=O) groups is 1. The second-order valence-electron chi connectivity index (χ2n) is 5.02. The van der Waals surface area contributed by atoms with E-state index in [1.54, 1.807) is 7.11 Å². The molecule has 0 radical (unpaired) electrons. The van der Waals surface area contributed by atoms with E-state index in [1.807, 2.05) is 12.1 Å². The second-order valence-corrected chi connectivity index (χ2v) is 5.02. The summed E-state index contributed by atoms with van der Waals surface area (Å²) in [6, 6.07) is 8.53. The SMILES string of the molecule is COc1ccc(N2C[C@@H]3CC[C@H]2CNC3=O)cc1. The number of benzene rings is 1. The highest BCUT2D eigenvalue weighted by atomic mass is 16.5. The van der Waals surface area contributed by atoms with Gasteiger partial charge in [0.05, 0.1) is 13.0 Å². The number of nitrogens with one attached hydrogen (secondary N) is 1. The van der Waals surface area contributed by atoms with Crippen LogP contribution in [0.1, 0.15) is 12.8 Å². The minimum absolute atomic E-state index is 0.144. The lowest BCUT2D eigenvalue weighted by Crippen LogP contribution is -2.43.